The van der Waals surface area contributed by atoms with Gasteiger partial charge in [-0.05, 0) is 51.9 Å². The number of furan rings is 1. The monoisotopic (exact) mass is 699 g/mol. The third-order valence-corrected chi connectivity index (χ3v) is 8.44. The quantitative estimate of drug-likeness (QED) is 0.133. The number of hydrogen-bond donors (Lipinski definition) is 1. The van der Waals surface area contributed by atoms with E-state index in [2.05, 4.69) is 15.9 Å². The lowest BCUT2D eigenvalue weighted by Crippen LogP contribution is -2.47. The number of aliphatic hydroxyl groups is 1. The third kappa shape index (κ3) is 9.75. The van der Waals surface area contributed by atoms with Gasteiger partial charge in [0.25, 0.3) is 0 Å². The number of ether oxygens (including phenoxy) is 4. The fourth-order valence-corrected chi connectivity index (χ4v) is 5.80. The number of esters is 1. The molecule has 1 aromatic heterocycles. The molecule has 1 aliphatic heterocycles. The molecule has 1 N–H and O–H groups in total. The Bertz CT molecular complexity index is 1410. The Hall–Kier alpha value is -3.51. The lowest BCUT2D eigenvalue weighted by Gasteiger charge is -2.30. The van der Waals surface area contributed by atoms with Crippen molar-refractivity contribution in [2.24, 2.45) is 11.8 Å². The van der Waals surface area contributed by atoms with E-state index in [9.17, 15) is 19.5 Å². The van der Waals surface area contributed by atoms with Gasteiger partial charge in [-0.3, -0.25) is 9.59 Å². The molecule has 2 aromatic carbocycles. The van der Waals surface area contributed by atoms with Crippen molar-refractivity contribution < 1.29 is 42.9 Å². The Kier molecular flexibility index (Phi) is 13.4. The standard InChI is InChI=1S/C35H42BrNO9/c1-23(2)30-22-44-35(41)37(30)34(40)28(17-25-11-6-4-7-12-25)33(45-24(3)39)32-18-29(36)31(46-32)15-10-16-42-21-27(19-38)43-20-26-13-8-5-9-14-26/h4-9,11-14,18,23,27-28,30,33,38H,10,15-17,19-22H2,1-3H3/t27-,28-,30-,33+/m1/s1. The number of rotatable bonds is 17. The molecule has 248 valence electrons. The first-order valence-electron chi connectivity index (χ1n) is 15.5. The highest BCUT2D eigenvalue weighted by molar-refractivity contribution is 9.10. The van der Waals surface area contributed by atoms with Gasteiger partial charge in [0.1, 0.15) is 24.2 Å². The van der Waals surface area contributed by atoms with Crippen molar-refractivity contribution in [1.82, 2.24) is 4.90 Å². The van der Waals surface area contributed by atoms with Crippen LogP contribution in [0.5, 0.6) is 0 Å². The normalized spacial score (nSPS) is 16.7. The summed E-state index contributed by atoms with van der Waals surface area (Å²) >= 11 is 3.56. The van der Waals surface area contributed by atoms with E-state index >= 15 is 0 Å². The zero-order valence-corrected chi connectivity index (χ0v) is 28.0. The largest absolute Gasteiger partial charge is 0.461 e. The predicted molar refractivity (Wildman–Crippen MR) is 173 cm³/mol. The summed E-state index contributed by atoms with van der Waals surface area (Å²) in [5.74, 6) is -1.19. The molecule has 1 fully saturated rings. The van der Waals surface area contributed by atoms with Gasteiger partial charge in [0.2, 0.25) is 5.91 Å². The highest BCUT2D eigenvalue weighted by atomic mass is 79.9. The van der Waals surface area contributed by atoms with Crippen LogP contribution in [-0.2, 0) is 48.0 Å². The second-order valence-corrected chi connectivity index (χ2v) is 12.5. The van der Waals surface area contributed by atoms with Gasteiger partial charge in [0.15, 0.2) is 6.10 Å². The minimum atomic E-state index is -1.10. The average Bonchev–Trinajstić information content (AvgIpc) is 3.62. The molecule has 1 saturated heterocycles. The van der Waals surface area contributed by atoms with Crippen LogP contribution in [0.1, 0.15) is 55.9 Å². The molecule has 3 aromatic rings. The first kappa shape index (κ1) is 35.3. The summed E-state index contributed by atoms with van der Waals surface area (Å²) in [5, 5.41) is 9.68. The fraction of sp³-hybridized carbons (Fsp3) is 0.457. The number of amides is 2. The lowest BCUT2D eigenvalue weighted by atomic mass is 9.90. The van der Waals surface area contributed by atoms with Crippen molar-refractivity contribution in [2.75, 3.05) is 26.4 Å². The van der Waals surface area contributed by atoms with E-state index in [-0.39, 0.29) is 37.9 Å². The van der Waals surface area contributed by atoms with E-state index in [0.717, 1.165) is 16.0 Å². The van der Waals surface area contributed by atoms with Crippen LogP contribution in [0.15, 0.2) is 75.6 Å². The van der Waals surface area contributed by atoms with Crippen LogP contribution < -0.4 is 0 Å². The maximum absolute atomic E-state index is 14.1. The first-order valence-corrected chi connectivity index (χ1v) is 16.3. The minimum Gasteiger partial charge on any atom is -0.461 e. The van der Waals surface area contributed by atoms with E-state index in [1.165, 1.54) is 6.92 Å². The maximum Gasteiger partial charge on any atom is 0.416 e. The van der Waals surface area contributed by atoms with E-state index < -0.39 is 42.1 Å². The Morgan fingerprint density at radius 2 is 1.74 bits per heavy atom. The molecule has 11 heteroatoms. The van der Waals surface area contributed by atoms with Gasteiger partial charge in [-0.25, -0.2) is 9.69 Å². The minimum absolute atomic E-state index is 0.0328. The van der Waals surface area contributed by atoms with Crippen molar-refractivity contribution in [2.45, 2.75) is 64.9 Å². The van der Waals surface area contributed by atoms with Crippen molar-refractivity contribution in [3.63, 3.8) is 0 Å². The average molecular weight is 701 g/mol. The Balaban J connectivity index is 1.45. The number of aliphatic hydroxyl groups excluding tert-OH is 1. The topological polar surface area (TPSA) is 125 Å². The van der Waals surface area contributed by atoms with Crippen LogP contribution in [-0.4, -0.2) is 66.5 Å². The van der Waals surface area contributed by atoms with Crippen LogP contribution in [0.2, 0.25) is 0 Å². The zero-order chi connectivity index (χ0) is 33.1. The summed E-state index contributed by atoms with van der Waals surface area (Å²) in [5.41, 5.74) is 1.85. The summed E-state index contributed by atoms with van der Waals surface area (Å²) in [6.07, 6.45) is -0.964. The fourth-order valence-electron chi connectivity index (χ4n) is 5.30. The van der Waals surface area contributed by atoms with E-state index in [4.69, 9.17) is 23.4 Å². The van der Waals surface area contributed by atoms with Crippen molar-refractivity contribution in [1.29, 1.82) is 0 Å². The van der Waals surface area contributed by atoms with Crippen molar-refractivity contribution in [3.05, 3.63) is 93.9 Å². The first-order chi connectivity index (χ1) is 22.2. The summed E-state index contributed by atoms with van der Waals surface area (Å²) in [7, 11) is 0. The number of carbonyl (C=O) groups is 3. The molecule has 0 unspecified atom stereocenters. The Labute approximate surface area is 278 Å². The van der Waals surface area contributed by atoms with Crippen LogP contribution in [0.25, 0.3) is 0 Å². The number of carbonyl (C=O) groups excluding carboxylic acids is 3. The summed E-state index contributed by atoms with van der Waals surface area (Å²) < 4.78 is 29.4. The van der Waals surface area contributed by atoms with Gasteiger partial charge in [-0.2, -0.15) is 0 Å². The summed E-state index contributed by atoms with van der Waals surface area (Å²) in [4.78, 5) is 40.5. The van der Waals surface area contributed by atoms with Crippen LogP contribution >= 0.6 is 15.9 Å². The highest BCUT2D eigenvalue weighted by Gasteiger charge is 2.46. The molecular formula is C35H42BrNO9. The number of halogens is 1. The molecule has 0 bridgehead atoms. The second-order valence-electron chi connectivity index (χ2n) is 11.6. The molecule has 2 amide bonds. The summed E-state index contributed by atoms with van der Waals surface area (Å²) in [6, 6.07) is 20.3. The highest BCUT2D eigenvalue weighted by Crippen LogP contribution is 2.37. The molecule has 46 heavy (non-hydrogen) atoms. The molecule has 0 aliphatic carbocycles. The van der Waals surface area contributed by atoms with E-state index in [1.54, 1.807) is 6.07 Å². The van der Waals surface area contributed by atoms with Gasteiger partial charge >= 0.3 is 12.1 Å². The van der Waals surface area contributed by atoms with Gasteiger partial charge in [-0.1, -0.05) is 74.5 Å². The Morgan fingerprint density at radius 3 is 2.37 bits per heavy atom. The maximum atomic E-state index is 14.1. The number of aryl methyl sites for hydroxylation is 1. The van der Waals surface area contributed by atoms with Crippen LogP contribution in [0.3, 0.4) is 0 Å². The molecule has 0 spiro atoms. The molecular weight excluding hydrogens is 658 g/mol. The number of imide groups is 1. The number of benzene rings is 2. The Morgan fingerprint density at radius 1 is 1.07 bits per heavy atom. The molecule has 4 atom stereocenters. The zero-order valence-electron chi connectivity index (χ0n) is 26.4. The van der Waals surface area contributed by atoms with Crippen molar-refractivity contribution in [3.8, 4) is 0 Å². The summed E-state index contributed by atoms with van der Waals surface area (Å²) in [6.45, 7) is 6.08. The van der Waals surface area contributed by atoms with Gasteiger partial charge in [0, 0.05) is 20.0 Å². The molecule has 10 nitrogen and oxygen atoms in total. The molecule has 0 radical (unpaired) electrons. The molecule has 2 heterocycles. The SMILES string of the molecule is CC(=O)O[C@H](c1cc(Br)c(CCCOC[C@@H](CO)OCc2ccccc2)o1)[C@@H](Cc1ccccc1)C(=O)N1C(=O)OC[C@@H]1C(C)C. The van der Waals surface area contributed by atoms with Crippen molar-refractivity contribution >= 4 is 33.9 Å². The van der Waals surface area contributed by atoms with Gasteiger partial charge in [0.05, 0.1) is 36.3 Å². The number of hydrogen-bond acceptors (Lipinski definition) is 9. The number of nitrogens with zero attached hydrogens (tertiary/aromatic N) is 1. The lowest BCUT2D eigenvalue weighted by molar-refractivity contribution is -0.155. The van der Waals surface area contributed by atoms with Crippen LogP contribution in [0.4, 0.5) is 4.79 Å². The van der Waals surface area contributed by atoms with E-state index in [1.807, 2.05) is 74.5 Å². The molecule has 0 saturated carbocycles. The second kappa shape index (κ2) is 17.4. The number of cyclic esters (lactones) is 1. The van der Waals surface area contributed by atoms with Gasteiger partial charge < -0.3 is 28.5 Å². The smallest absolute Gasteiger partial charge is 0.416 e. The molecule has 1 aliphatic rings. The van der Waals surface area contributed by atoms with Gasteiger partial charge in [-0.15, -0.1) is 0 Å². The molecule has 4 rings (SSSR count). The van der Waals surface area contributed by atoms with Crippen LogP contribution in [0, 0.1) is 11.8 Å². The third-order valence-electron chi connectivity index (χ3n) is 7.77. The predicted octanol–water partition coefficient (Wildman–Crippen LogP) is 6.04. The van der Waals surface area contributed by atoms with E-state index in [0.29, 0.717) is 36.3 Å².